The zero-order chi connectivity index (χ0) is 15.6. The normalized spacial score (nSPS) is 12.5. The predicted molar refractivity (Wildman–Crippen MR) is 78.6 cm³/mol. The topological polar surface area (TPSA) is 55.3 Å². The highest BCUT2D eigenvalue weighted by molar-refractivity contribution is 5.91. The summed E-state index contributed by atoms with van der Waals surface area (Å²) in [6.45, 7) is 5.30. The van der Waals surface area contributed by atoms with Crippen molar-refractivity contribution in [3.05, 3.63) is 30.3 Å². The fraction of sp³-hybridized carbons (Fsp3) is 0.400. The molecule has 112 valence electrons. The lowest BCUT2D eigenvalue weighted by atomic mass is 10.2. The molecule has 0 radical (unpaired) electrons. The number of carbonyl (C=O) groups is 1. The molecule has 2 rings (SSSR count). The first-order valence-electron chi connectivity index (χ1n) is 6.73. The van der Waals surface area contributed by atoms with Crippen LogP contribution in [0.15, 0.2) is 24.5 Å². The number of rotatable bonds is 4. The summed E-state index contributed by atoms with van der Waals surface area (Å²) in [6, 6.07) is 3.76. The van der Waals surface area contributed by atoms with Crippen molar-refractivity contribution in [1.29, 1.82) is 0 Å². The largest absolute Gasteiger partial charge is 0.461 e. The van der Waals surface area contributed by atoms with E-state index in [1.54, 1.807) is 38.8 Å². The molecular formula is C15H18FN3O2. The molecule has 0 bridgehead atoms. The van der Waals surface area contributed by atoms with E-state index in [0.717, 1.165) is 0 Å². The molecule has 6 heteroatoms. The van der Waals surface area contributed by atoms with Gasteiger partial charge < -0.3 is 9.64 Å². The van der Waals surface area contributed by atoms with Crippen molar-refractivity contribution in [2.45, 2.75) is 32.9 Å². The average Bonchev–Trinajstić information content (AvgIpc) is 2.44. The minimum absolute atomic E-state index is 0.187. The van der Waals surface area contributed by atoms with Gasteiger partial charge in [-0.1, -0.05) is 0 Å². The fourth-order valence-electron chi connectivity index (χ4n) is 1.97. The minimum atomic E-state index is -0.534. The van der Waals surface area contributed by atoms with Crippen LogP contribution in [0.4, 0.5) is 10.2 Å². The van der Waals surface area contributed by atoms with E-state index < -0.39 is 6.04 Å². The lowest BCUT2D eigenvalue weighted by molar-refractivity contribution is -0.148. The van der Waals surface area contributed by atoms with Gasteiger partial charge in [0.1, 0.15) is 24.0 Å². The number of likely N-dealkylation sites (N-methyl/N-ethyl adjacent to an activating group) is 1. The quantitative estimate of drug-likeness (QED) is 0.810. The number of hydrogen-bond acceptors (Lipinski definition) is 5. The third-order valence-electron chi connectivity index (χ3n) is 3.18. The number of fused-ring (bicyclic) bond motifs is 1. The Hall–Kier alpha value is -2.24. The van der Waals surface area contributed by atoms with Crippen molar-refractivity contribution in [1.82, 2.24) is 9.97 Å². The van der Waals surface area contributed by atoms with Crippen LogP contribution in [0.2, 0.25) is 0 Å². The summed E-state index contributed by atoms with van der Waals surface area (Å²) in [7, 11) is 1.72. The summed E-state index contributed by atoms with van der Waals surface area (Å²) in [5.41, 5.74) is 0.623. The van der Waals surface area contributed by atoms with Crippen LogP contribution in [0.5, 0.6) is 0 Å². The van der Waals surface area contributed by atoms with E-state index in [4.69, 9.17) is 4.74 Å². The number of nitrogens with zero attached hydrogens (tertiary/aromatic N) is 3. The van der Waals surface area contributed by atoms with Crippen LogP contribution in [0.1, 0.15) is 20.8 Å². The Bertz CT molecular complexity index is 660. The second-order valence-electron chi connectivity index (χ2n) is 5.13. The van der Waals surface area contributed by atoms with E-state index in [0.29, 0.717) is 16.7 Å². The number of anilines is 1. The Balaban J connectivity index is 2.37. The lowest BCUT2D eigenvalue weighted by Crippen LogP contribution is -2.38. The summed E-state index contributed by atoms with van der Waals surface area (Å²) in [5.74, 6) is -0.229. The Labute approximate surface area is 122 Å². The molecule has 1 atom stereocenters. The Morgan fingerprint density at radius 2 is 2.00 bits per heavy atom. The molecule has 0 amide bonds. The maximum absolute atomic E-state index is 13.4. The van der Waals surface area contributed by atoms with Crippen LogP contribution < -0.4 is 4.90 Å². The first-order valence-corrected chi connectivity index (χ1v) is 6.73. The van der Waals surface area contributed by atoms with E-state index in [2.05, 4.69) is 9.97 Å². The minimum Gasteiger partial charge on any atom is -0.461 e. The summed E-state index contributed by atoms with van der Waals surface area (Å²) in [6.07, 6.45) is 1.21. The van der Waals surface area contributed by atoms with Crippen molar-refractivity contribution in [3.63, 3.8) is 0 Å². The van der Waals surface area contributed by atoms with Gasteiger partial charge in [-0.25, -0.2) is 19.2 Å². The predicted octanol–water partition coefficient (Wildman–Crippen LogP) is 2.55. The summed E-state index contributed by atoms with van der Waals surface area (Å²) < 4.78 is 18.6. The number of carbonyl (C=O) groups excluding carboxylic acids is 1. The fourth-order valence-corrected chi connectivity index (χ4v) is 1.97. The summed E-state index contributed by atoms with van der Waals surface area (Å²) in [5, 5.41) is 0.559. The first-order chi connectivity index (χ1) is 9.90. The molecule has 2 aromatic rings. The zero-order valence-corrected chi connectivity index (χ0v) is 12.5. The van der Waals surface area contributed by atoms with Crippen LogP contribution in [0, 0.1) is 5.82 Å². The average molecular weight is 291 g/mol. The molecule has 1 aromatic carbocycles. The molecule has 5 nitrogen and oxygen atoms in total. The van der Waals surface area contributed by atoms with E-state index >= 15 is 0 Å². The van der Waals surface area contributed by atoms with Crippen LogP contribution >= 0.6 is 0 Å². The van der Waals surface area contributed by atoms with Gasteiger partial charge in [-0.3, -0.25) is 0 Å². The molecule has 0 saturated carbocycles. The SMILES string of the molecule is CC(C)OC(=O)C(C)N(C)c1ncnc2ccc(F)cc12. The molecule has 0 fully saturated rings. The van der Waals surface area contributed by atoms with Gasteiger partial charge in [-0.05, 0) is 39.0 Å². The van der Waals surface area contributed by atoms with Gasteiger partial charge >= 0.3 is 5.97 Å². The van der Waals surface area contributed by atoms with Crippen molar-refractivity contribution in [3.8, 4) is 0 Å². The first kappa shape index (κ1) is 15.2. The Morgan fingerprint density at radius 1 is 1.29 bits per heavy atom. The van der Waals surface area contributed by atoms with Crippen molar-refractivity contribution < 1.29 is 13.9 Å². The van der Waals surface area contributed by atoms with Crippen LogP contribution in [-0.4, -0.2) is 35.1 Å². The molecule has 1 heterocycles. The van der Waals surface area contributed by atoms with Crippen molar-refractivity contribution in [2.75, 3.05) is 11.9 Å². The smallest absolute Gasteiger partial charge is 0.328 e. The molecule has 0 N–H and O–H groups in total. The summed E-state index contributed by atoms with van der Waals surface area (Å²) in [4.78, 5) is 21.9. The van der Waals surface area contributed by atoms with E-state index in [-0.39, 0.29) is 17.9 Å². The second kappa shape index (κ2) is 6.03. The van der Waals surface area contributed by atoms with Gasteiger partial charge in [-0.2, -0.15) is 0 Å². The maximum Gasteiger partial charge on any atom is 0.328 e. The monoisotopic (exact) mass is 291 g/mol. The number of aromatic nitrogens is 2. The maximum atomic E-state index is 13.4. The highest BCUT2D eigenvalue weighted by Crippen LogP contribution is 2.24. The van der Waals surface area contributed by atoms with Gasteiger partial charge in [0.2, 0.25) is 0 Å². The van der Waals surface area contributed by atoms with E-state index in [1.165, 1.54) is 18.5 Å². The third-order valence-corrected chi connectivity index (χ3v) is 3.18. The van der Waals surface area contributed by atoms with Gasteiger partial charge in [0, 0.05) is 12.4 Å². The van der Waals surface area contributed by atoms with Gasteiger partial charge in [0.15, 0.2) is 0 Å². The van der Waals surface area contributed by atoms with E-state index in [9.17, 15) is 9.18 Å². The molecule has 0 saturated heterocycles. The molecule has 0 spiro atoms. The van der Waals surface area contributed by atoms with Gasteiger partial charge in [0.05, 0.1) is 11.6 Å². The zero-order valence-electron chi connectivity index (χ0n) is 12.5. The molecule has 0 aliphatic rings. The molecule has 0 aliphatic heterocycles. The Morgan fingerprint density at radius 3 is 2.67 bits per heavy atom. The molecule has 0 aliphatic carbocycles. The number of halogens is 1. The molecule has 1 unspecified atom stereocenters. The summed E-state index contributed by atoms with van der Waals surface area (Å²) >= 11 is 0. The van der Waals surface area contributed by atoms with E-state index in [1.807, 2.05) is 0 Å². The lowest BCUT2D eigenvalue weighted by Gasteiger charge is -2.26. The van der Waals surface area contributed by atoms with Crippen LogP contribution in [0.3, 0.4) is 0 Å². The molecular weight excluding hydrogens is 273 g/mol. The second-order valence-corrected chi connectivity index (χ2v) is 5.13. The van der Waals surface area contributed by atoms with Crippen LogP contribution in [0.25, 0.3) is 10.9 Å². The molecule has 21 heavy (non-hydrogen) atoms. The number of benzene rings is 1. The number of esters is 1. The van der Waals surface area contributed by atoms with Crippen molar-refractivity contribution in [2.24, 2.45) is 0 Å². The van der Waals surface area contributed by atoms with Gasteiger partial charge in [-0.15, -0.1) is 0 Å². The number of hydrogen-bond donors (Lipinski definition) is 0. The van der Waals surface area contributed by atoms with Crippen molar-refractivity contribution >= 4 is 22.7 Å². The highest BCUT2D eigenvalue weighted by Gasteiger charge is 2.23. The Kier molecular flexibility index (Phi) is 4.35. The van der Waals surface area contributed by atoms with Crippen LogP contribution in [-0.2, 0) is 9.53 Å². The number of ether oxygens (including phenoxy) is 1. The molecule has 1 aromatic heterocycles. The highest BCUT2D eigenvalue weighted by atomic mass is 19.1. The third kappa shape index (κ3) is 3.26. The van der Waals surface area contributed by atoms with Gasteiger partial charge in [0.25, 0.3) is 0 Å². The standard InChI is InChI=1S/C15H18FN3O2/c1-9(2)21-15(20)10(3)19(4)14-12-7-11(16)5-6-13(12)17-8-18-14/h5-10H,1-4H3.